The van der Waals surface area contributed by atoms with E-state index in [9.17, 15) is 8.78 Å². The minimum absolute atomic E-state index is 0.0405. The lowest BCUT2D eigenvalue weighted by atomic mass is 9.85. The standard InChI is InChI=1S/C22H27F2NO/c1-15-6-4-7-16(2)22(15)18(14-25(26-3)13-17-10-11-17)12-19-20(23)8-5-9-21(19)24/h4-9,17-18H,10-14H2,1-3H3. The molecule has 0 aromatic heterocycles. The van der Waals surface area contributed by atoms with Gasteiger partial charge in [-0.05, 0) is 67.9 Å². The van der Waals surface area contributed by atoms with E-state index in [0.717, 1.165) is 23.2 Å². The molecule has 0 N–H and O–H groups in total. The van der Waals surface area contributed by atoms with Crippen molar-refractivity contribution in [3.63, 3.8) is 0 Å². The molecule has 1 fully saturated rings. The van der Waals surface area contributed by atoms with E-state index in [1.54, 1.807) is 7.11 Å². The third kappa shape index (κ3) is 4.49. The Morgan fingerprint density at radius 1 is 1.04 bits per heavy atom. The largest absolute Gasteiger partial charge is 0.302 e. The van der Waals surface area contributed by atoms with Gasteiger partial charge in [-0.15, -0.1) is 0 Å². The molecule has 2 aromatic rings. The molecule has 0 amide bonds. The summed E-state index contributed by atoms with van der Waals surface area (Å²) >= 11 is 0. The van der Waals surface area contributed by atoms with Gasteiger partial charge in [-0.25, -0.2) is 8.78 Å². The predicted molar refractivity (Wildman–Crippen MR) is 100 cm³/mol. The van der Waals surface area contributed by atoms with E-state index in [-0.39, 0.29) is 11.5 Å². The zero-order valence-electron chi connectivity index (χ0n) is 15.8. The summed E-state index contributed by atoms with van der Waals surface area (Å²) in [6.45, 7) is 5.61. The number of rotatable bonds is 8. The van der Waals surface area contributed by atoms with E-state index < -0.39 is 11.6 Å². The summed E-state index contributed by atoms with van der Waals surface area (Å²) in [7, 11) is 1.67. The van der Waals surface area contributed by atoms with E-state index in [0.29, 0.717) is 18.9 Å². The van der Waals surface area contributed by atoms with Crippen LogP contribution in [0.15, 0.2) is 36.4 Å². The van der Waals surface area contributed by atoms with Crippen LogP contribution in [-0.2, 0) is 11.3 Å². The minimum Gasteiger partial charge on any atom is -0.302 e. The van der Waals surface area contributed by atoms with Crippen LogP contribution in [0.1, 0.15) is 41.0 Å². The molecule has 1 unspecified atom stereocenters. The molecule has 3 rings (SSSR count). The van der Waals surface area contributed by atoms with Crippen LogP contribution in [0.4, 0.5) is 8.78 Å². The molecule has 26 heavy (non-hydrogen) atoms. The molecular formula is C22H27F2NO. The fourth-order valence-corrected chi connectivity index (χ4v) is 3.76. The van der Waals surface area contributed by atoms with Crippen LogP contribution in [0.25, 0.3) is 0 Å². The smallest absolute Gasteiger partial charge is 0.129 e. The van der Waals surface area contributed by atoms with Crippen molar-refractivity contribution >= 4 is 0 Å². The number of nitrogens with zero attached hydrogens (tertiary/aromatic N) is 1. The molecule has 1 saturated carbocycles. The molecule has 1 aliphatic rings. The highest BCUT2D eigenvalue weighted by molar-refractivity contribution is 5.38. The second kappa shape index (κ2) is 8.28. The SMILES string of the molecule is CON(CC1CC1)CC(Cc1c(F)cccc1F)c1c(C)cccc1C. The van der Waals surface area contributed by atoms with Gasteiger partial charge in [0.1, 0.15) is 11.6 Å². The number of aryl methyl sites for hydroxylation is 2. The molecule has 1 aliphatic carbocycles. The van der Waals surface area contributed by atoms with Gasteiger partial charge in [-0.1, -0.05) is 24.3 Å². The summed E-state index contributed by atoms with van der Waals surface area (Å²) in [5.41, 5.74) is 3.61. The molecule has 0 heterocycles. The Hall–Kier alpha value is -1.78. The Kier molecular flexibility index (Phi) is 6.05. The maximum Gasteiger partial charge on any atom is 0.129 e. The van der Waals surface area contributed by atoms with Crippen LogP contribution in [-0.4, -0.2) is 25.3 Å². The van der Waals surface area contributed by atoms with Crippen LogP contribution < -0.4 is 0 Å². The molecule has 1 atom stereocenters. The van der Waals surface area contributed by atoms with Crippen LogP contribution >= 0.6 is 0 Å². The van der Waals surface area contributed by atoms with Crippen LogP contribution in [0.5, 0.6) is 0 Å². The van der Waals surface area contributed by atoms with Gasteiger partial charge in [0.15, 0.2) is 0 Å². The summed E-state index contributed by atoms with van der Waals surface area (Å²) < 4.78 is 28.6. The first-order valence-electron chi connectivity index (χ1n) is 9.27. The van der Waals surface area contributed by atoms with Gasteiger partial charge in [-0.3, -0.25) is 0 Å². The fraction of sp³-hybridized carbons (Fsp3) is 0.455. The molecular weight excluding hydrogens is 332 g/mol. The van der Waals surface area contributed by atoms with Gasteiger partial charge in [0.05, 0.1) is 7.11 Å². The predicted octanol–water partition coefficient (Wildman–Crippen LogP) is 5.18. The van der Waals surface area contributed by atoms with Gasteiger partial charge in [0, 0.05) is 24.6 Å². The number of hydrogen-bond acceptors (Lipinski definition) is 2. The van der Waals surface area contributed by atoms with Crippen molar-refractivity contribution < 1.29 is 13.6 Å². The lowest BCUT2D eigenvalue weighted by Gasteiger charge is -2.28. The molecule has 0 aliphatic heterocycles. The Morgan fingerprint density at radius 2 is 1.62 bits per heavy atom. The highest BCUT2D eigenvalue weighted by atomic mass is 19.1. The summed E-state index contributed by atoms with van der Waals surface area (Å²) in [4.78, 5) is 5.58. The van der Waals surface area contributed by atoms with E-state index in [1.165, 1.54) is 31.0 Å². The van der Waals surface area contributed by atoms with Gasteiger partial charge >= 0.3 is 0 Å². The molecule has 0 spiro atoms. The second-order valence-corrected chi connectivity index (χ2v) is 7.38. The monoisotopic (exact) mass is 359 g/mol. The Balaban J connectivity index is 1.92. The first kappa shape index (κ1) is 19.0. The van der Waals surface area contributed by atoms with Crippen molar-refractivity contribution in [2.24, 2.45) is 5.92 Å². The summed E-state index contributed by atoms with van der Waals surface area (Å²) in [5, 5.41) is 1.95. The number of hydrogen-bond donors (Lipinski definition) is 0. The zero-order valence-corrected chi connectivity index (χ0v) is 15.8. The Morgan fingerprint density at radius 3 is 2.15 bits per heavy atom. The van der Waals surface area contributed by atoms with E-state index in [1.807, 2.05) is 11.1 Å². The summed E-state index contributed by atoms with van der Waals surface area (Å²) in [6.07, 6.45) is 2.78. The van der Waals surface area contributed by atoms with Gasteiger partial charge in [-0.2, -0.15) is 5.06 Å². The summed E-state index contributed by atoms with van der Waals surface area (Å²) in [6, 6.07) is 10.2. The van der Waals surface area contributed by atoms with Crippen molar-refractivity contribution in [1.82, 2.24) is 5.06 Å². The van der Waals surface area contributed by atoms with Gasteiger partial charge in [0.2, 0.25) is 0 Å². The number of benzene rings is 2. The van der Waals surface area contributed by atoms with Crippen molar-refractivity contribution in [3.05, 3.63) is 70.3 Å². The Labute approximate surface area is 154 Å². The average molecular weight is 359 g/mol. The molecule has 0 bridgehead atoms. The van der Waals surface area contributed by atoms with E-state index in [4.69, 9.17) is 4.84 Å². The van der Waals surface area contributed by atoms with Crippen molar-refractivity contribution in [1.29, 1.82) is 0 Å². The van der Waals surface area contributed by atoms with Gasteiger partial charge in [0.25, 0.3) is 0 Å². The zero-order chi connectivity index (χ0) is 18.7. The topological polar surface area (TPSA) is 12.5 Å². The van der Waals surface area contributed by atoms with Crippen LogP contribution in [0, 0.1) is 31.4 Å². The van der Waals surface area contributed by atoms with Crippen molar-refractivity contribution in [2.45, 2.75) is 39.0 Å². The first-order valence-corrected chi connectivity index (χ1v) is 9.27. The van der Waals surface area contributed by atoms with E-state index >= 15 is 0 Å². The third-order valence-electron chi connectivity index (χ3n) is 5.30. The quantitative estimate of drug-likeness (QED) is 0.602. The van der Waals surface area contributed by atoms with Crippen LogP contribution in [0.2, 0.25) is 0 Å². The lowest BCUT2D eigenvalue weighted by molar-refractivity contribution is -0.137. The Bertz CT molecular complexity index is 717. The molecule has 0 saturated heterocycles. The first-order chi connectivity index (χ1) is 12.5. The molecule has 140 valence electrons. The average Bonchev–Trinajstić information content (AvgIpc) is 3.41. The lowest BCUT2D eigenvalue weighted by Crippen LogP contribution is -2.31. The maximum atomic E-state index is 14.3. The van der Waals surface area contributed by atoms with Crippen LogP contribution in [0.3, 0.4) is 0 Å². The highest BCUT2D eigenvalue weighted by Crippen LogP contribution is 2.33. The van der Waals surface area contributed by atoms with E-state index in [2.05, 4.69) is 26.0 Å². The number of hydroxylamine groups is 2. The molecule has 2 aromatic carbocycles. The molecule has 4 heteroatoms. The molecule has 2 nitrogen and oxygen atoms in total. The fourth-order valence-electron chi connectivity index (χ4n) is 3.76. The summed E-state index contributed by atoms with van der Waals surface area (Å²) in [5.74, 6) is -0.320. The van der Waals surface area contributed by atoms with Crippen molar-refractivity contribution in [2.75, 3.05) is 20.2 Å². The normalized spacial score (nSPS) is 15.5. The van der Waals surface area contributed by atoms with Gasteiger partial charge < -0.3 is 4.84 Å². The third-order valence-corrected chi connectivity index (χ3v) is 5.30. The van der Waals surface area contributed by atoms with Crippen molar-refractivity contribution in [3.8, 4) is 0 Å². The highest BCUT2D eigenvalue weighted by Gasteiger charge is 2.28. The maximum absolute atomic E-state index is 14.3. The number of halogens is 2. The second-order valence-electron chi connectivity index (χ2n) is 7.38. The minimum atomic E-state index is -0.479. The molecule has 0 radical (unpaired) electrons.